The van der Waals surface area contributed by atoms with Gasteiger partial charge in [0, 0.05) is 11.3 Å². The molecule has 0 aliphatic carbocycles. The maximum Gasteiger partial charge on any atom is 0.300 e. The zero-order valence-electron chi connectivity index (χ0n) is 19.6. The van der Waals surface area contributed by atoms with E-state index in [0.29, 0.717) is 40.1 Å². The SMILES string of the molecule is Cc1cccc(C2/C(=C(/O)c3ccc(Cl)c(Cl)c3)C(=O)C(=O)N2c2ccc(OCC(C)C)cc2)c1. The van der Waals surface area contributed by atoms with Crippen LogP contribution in [0.25, 0.3) is 5.76 Å². The summed E-state index contributed by atoms with van der Waals surface area (Å²) in [7, 11) is 0. The summed E-state index contributed by atoms with van der Waals surface area (Å²) in [5, 5.41) is 11.8. The number of nitrogens with zero attached hydrogens (tertiary/aromatic N) is 1. The van der Waals surface area contributed by atoms with Crippen LogP contribution in [0.3, 0.4) is 0 Å². The number of aliphatic hydroxyl groups excluding tert-OH is 1. The molecule has 35 heavy (non-hydrogen) atoms. The second-order valence-corrected chi connectivity index (χ2v) is 9.73. The van der Waals surface area contributed by atoms with Gasteiger partial charge in [0.15, 0.2) is 0 Å². The topological polar surface area (TPSA) is 66.8 Å². The van der Waals surface area contributed by atoms with E-state index >= 15 is 0 Å². The molecule has 1 N–H and O–H groups in total. The molecule has 0 bridgehead atoms. The van der Waals surface area contributed by atoms with Crippen molar-refractivity contribution in [3.05, 3.63) is 99.0 Å². The Bertz CT molecular complexity index is 1310. The summed E-state index contributed by atoms with van der Waals surface area (Å²) >= 11 is 12.2. The standard InChI is InChI=1S/C28H25Cl2NO4/c1-16(2)15-35-21-10-8-20(9-11-21)31-25(18-6-4-5-17(3)13-18)24(27(33)28(31)34)26(32)19-7-12-22(29)23(30)14-19/h4-14,16,25,32H,15H2,1-3H3/b26-24-. The third kappa shape index (κ3) is 5.07. The van der Waals surface area contributed by atoms with E-state index in [1.165, 1.54) is 17.0 Å². The molecule has 1 aliphatic rings. The molecule has 1 aliphatic heterocycles. The van der Waals surface area contributed by atoms with Gasteiger partial charge in [0.1, 0.15) is 11.5 Å². The maximum atomic E-state index is 13.3. The van der Waals surface area contributed by atoms with E-state index in [4.69, 9.17) is 27.9 Å². The molecule has 3 aromatic rings. The molecule has 1 atom stereocenters. The van der Waals surface area contributed by atoms with Gasteiger partial charge in [-0.15, -0.1) is 0 Å². The molecule has 0 saturated carbocycles. The number of benzene rings is 3. The number of aliphatic hydroxyl groups is 1. The number of ketones is 1. The van der Waals surface area contributed by atoms with Gasteiger partial charge in [-0.3, -0.25) is 14.5 Å². The average molecular weight is 510 g/mol. The molecule has 5 nitrogen and oxygen atoms in total. The lowest BCUT2D eigenvalue weighted by Crippen LogP contribution is -2.29. The van der Waals surface area contributed by atoms with E-state index < -0.39 is 17.7 Å². The molecule has 7 heteroatoms. The van der Waals surface area contributed by atoms with Crippen molar-refractivity contribution in [1.82, 2.24) is 0 Å². The highest BCUT2D eigenvalue weighted by Gasteiger charge is 2.47. The molecule has 180 valence electrons. The summed E-state index contributed by atoms with van der Waals surface area (Å²) in [5.74, 6) is -0.779. The molecule has 1 amide bonds. The molecule has 1 heterocycles. The smallest absolute Gasteiger partial charge is 0.300 e. The number of rotatable bonds is 6. The second kappa shape index (κ2) is 10.1. The van der Waals surface area contributed by atoms with E-state index in [-0.39, 0.29) is 16.4 Å². The molecule has 0 radical (unpaired) electrons. The van der Waals surface area contributed by atoms with Gasteiger partial charge in [0.25, 0.3) is 11.7 Å². The summed E-state index contributed by atoms with van der Waals surface area (Å²) in [6.45, 7) is 6.61. The Hall–Kier alpha value is -3.28. The first-order valence-electron chi connectivity index (χ1n) is 11.2. The number of hydrogen-bond acceptors (Lipinski definition) is 4. The quantitative estimate of drug-likeness (QED) is 0.221. The predicted molar refractivity (Wildman–Crippen MR) is 139 cm³/mol. The lowest BCUT2D eigenvalue weighted by atomic mass is 9.94. The third-order valence-corrected chi connectivity index (χ3v) is 6.43. The van der Waals surface area contributed by atoms with Crippen LogP contribution in [0.5, 0.6) is 5.75 Å². The predicted octanol–water partition coefficient (Wildman–Crippen LogP) is 6.96. The number of carbonyl (C=O) groups is 2. The van der Waals surface area contributed by atoms with Crippen molar-refractivity contribution in [2.24, 2.45) is 5.92 Å². The number of anilines is 1. The number of hydrogen-bond donors (Lipinski definition) is 1. The lowest BCUT2D eigenvalue weighted by Gasteiger charge is -2.26. The molecule has 1 saturated heterocycles. The molecule has 1 fully saturated rings. The first-order chi connectivity index (χ1) is 16.7. The second-order valence-electron chi connectivity index (χ2n) is 8.91. The Morgan fingerprint density at radius 2 is 1.71 bits per heavy atom. The summed E-state index contributed by atoms with van der Waals surface area (Å²) in [6.07, 6.45) is 0. The van der Waals surface area contributed by atoms with Crippen molar-refractivity contribution in [2.45, 2.75) is 26.8 Å². The first-order valence-corrected chi connectivity index (χ1v) is 12.0. The molecule has 4 rings (SSSR count). The van der Waals surface area contributed by atoms with Crippen molar-refractivity contribution >= 4 is 46.3 Å². The van der Waals surface area contributed by atoms with Crippen molar-refractivity contribution in [3.8, 4) is 5.75 Å². The van der Waals surface area contributed by atoms with Crippen LogP contribution < -0.4 is 9.64 Å². The van der Waals surface area contributed by atoms with Crippen molar-refractivity contribution < 1.29 is 19.4 Å². The fourth-order valence-corrected chi connectivity index (χ4v) is 4.32. The lowest BCUT2D eigenvalue weighted by molar-refractivity contribution is -0.132. The molecule has 3 aromatic carbocycles. The van der Waals surface area contributed by atoms with Crippen LogP contribution in [0.2, 0.25) is 10.0 Å². The van der Waals surface area contributed by atoms with E-state index in [0.717, 1.165) is 5.56 Å². The molecule has 0 spiro atoms. The minimum absolute atomic E-state index is 0.0147. The zero-order valence-corrected chi connectivity index (χ0v) is 21.1. The van der Waals surface area contributed by atoms with Gasteiger partial charge in [0.05, 0.1) is 28.3 Å². The minimum atomic E-state index is -0.827. The third-order valence-electron chi connectivity index (χ3n) is 5.69. The van der Waals surface area contributed by atoms with Crippen LogP contribution in [0.1, 0.15) is 36.6 Å². The fraction of sp³-hybridized carbons (Fsp3) is 0.214. The Morgan fingerprint density at radius 3 is 2.34 bits per heavy atom. The van der Waals surface area contributed by atoms with Gasteiger partial charge in [-0.1, -0.05) is 66.9 Å². The van der Waals surface area contributed by atoms with Gasteiger partial charge in [-0.05, 0) is 60.9 Å². The maximum absolute atomic E-state index is 13.3. The first kappa shape index (κ1) is 24.8. The molecular formula is C28H25Cl2NO4. The van der Waals surface area contributed by atoms with Crippen molar-refractivity contribution in [1.29, 1.82) is 0 Å². The van der Waals surface area contributed by atoms with Gasteiger partial charge in [-0.2, -0.15) is 0 Å². The Balaban J connectivity index is 1.84. The zero-order chi connectivity index (χ0) is 25.3. The summed E-state index contributed by atoms with van der Waals surface area (Å²) in [5.41, 5.74) is 2.46. The van der Waals surface area contributed by atoms with Crippen LogP contribution in [-0.4, -0.2) is 23.4 Å². The van der Waals surface area contributed by atoms with Gasteiger partial charge in [0.2, 0.25) is 0 Å². The summed E-state index contributed by atoms with van der Waals surface area (Å²) in [4.78, 5) is 28.0. The van der Waals surface area contributed by atoms with E-state index in [9.17, 15) is 14.7 Å². The van der Waals surface area contributed by atoms with Gasteiger partial charge in [-0.25, -0.2) is 0 Å². The van der Waals surface area contributed by atoms with Crippen molar-refractivity contribution in [3.63, 3.8) is 0 Å². The highest BCUT2D eigenvalue weighted by Crippen LogP contribution is 2.43. The fourth-order valence-electron chi connectivity index (χ4n) is 4.02. The Morgan fingerprint density at radius 1 is 1.00 bits per heavy atom. The molecule has 1 unspecified atom stereocenters. The van der Waals surface area contributed by atoms with E-state index in [1.54, 1.807) is 30.3 Å². The largest absolute Gasteiger partial charge is 0.507 e. The normalized spacial score (nSPS) is 17.3. The Labute approximate surface area is 214 Å². The highest BCUT2D eigenvalue weighted by molar-refractivity contribution is 6.51. The number of amides is 1. The van der Waals surface area contributed by atoms with Gasteiger partial charge >= 0.3 is 0 Å². The number of ether oxygens (including phenoxy) is 1. The van der Waals surface area contributed by atoms with Crippen LogP contribution in [0.4, 0.5) is 5.69 Å². The van der Waals surface area contributed by atoms with Crippen LogP contribution in [0.15, 0.2) is 72.3 Å². The van der Waals surface area contributed by atoms with E-state index in [2.05, 4.69) is 13.8 Å². The Kier molecular flexibility index (Phi) is 7.20. The number of aryl methyl sites for hydroxylation is 1. The highest BCUT2D eigenvalue weighted by atomic mass is 35.5. The van der Waals surface area contributed by atoms with Crippen molar-refractivity contribution in [2.75, 3.05) is 11.5 Å². The average Bonchev–Trinajstić information content (AvgIpc) is 3.10. The summed E-state index contributed by atoms with van der Waals surface area (Å²) < 4.78 is 5.76. The minimum Gasteiger partial charge on any atom is -0.507 e. The van der Waals surface area contributed by atoms with Crippen LogP contribution in [-0.2, 0) is 9.59 Å². The van der Waals surface area contributed by atoms with E-state index in [1.807, 2.05) is 31.2 Å². The van der Waals surface area contributed by atoms with Gasteiger partial charge < -0.3 is 9.84 Å². The number of Topliss-reactive ketones (excluding diaryl/α,β-unsaturated/α-hetero) is 1. The number of carbonyl (C=O) groups excluding carboxylic acids is 2. The monoisotopic (exact) mass is 509 g/mol. The number of halogens is 2. The van der Waals surface area contributed by atoms with Crippen LogP contribution in [0, 0.1) is 12.8 Å². The summed E-state index contributed by atoms with van der Waals surface area (Å²) in [6, 6.07) is 18.3. The molecule has 0 aromatic heterocycles. The van der Waals surface area contributed by atoms with Crippen LogP contribution >= 0.6 is 23.2 Å². The molecular weight excluding hydrogens is 485 g/mol.